The number of rotatable bonds is 3. The first kappa shape index (κ1) is 17.1. The van der Waals surface area contributed by atoms with Crippen LogP contribution in [0, 0.1) is 19.9 Å². The van der Waals surface area contributed by atoms with E-state index in [0.29, 0.717) is 17.0 Å². The van der Waals surface area contributed by atoms with Gasteiger partial charge in [0.15, 0.2) is 0 Å². The van der Waals surface area contributed by atoms with Gasteiger partial charge in [-0.15, -0.1) is 0 Å². The standard InChI is InChI=1S/C17H18F3N2O/c1-10(2)21-16(23)13-9-11(3)22(12(13)4)15-8-6-5-7-14(15)17(18,19)20/h5-9H,1-4H3,(H,21,23). The Balaban J connectivity index is 2.59. The van der Waals surface area contributed by atoms with E-state index < -0.39 is 11.7 Å². The van der Waals surface area contributed by atoms with Crippen LogP contribution in [0.1, 0.15) is 41.2 Å². The Morgan fingerprint density at radius 3 is 2.30 bits per heavy atom. The maximum Gasteiger partial charge on any atom is 0.418 e. The Morgan fingerprint density at radius 2 is 1.74 bits per heavy atom. The number of alkyl halides is 3. The molecular formula is C17H18F3N2O. The number of nitrogens with zero attached hydrogens (tertiary/aromatic N) is 1. The van der Waals surface area contributed by atoms with Crippen molar-refractivity contribution in [1.82, 2.24) is 9.88 Å². The number of aryl methyl sites for hydroxylation is 1. The molecule has 0 atom stereocenters. The summed E-state index contributed by atoms with van der Waals surface area (Å²) in [6.07, 6.45) is -4.46. The molecule has 0 spiro atoms. The fourth-order valence-electron chi connectivity index (χ4n) is 2.57. The maximum atomic E-state index is 13.2. The number of nitrogens with one attached hydrogen (secondary N) is 1. The van der Waals surface area contributed by atoms with Crippen molar-refractivity contribution in [2.75, 3.05) is 0 Å². The summed E-state index contributed by atoms with van der Waals surface area (Å²) in [7, 11) is 0. The Labute approximate surface area is 133 Å². The van der Waals surface area contributed by atoms with Crippen molar-refractivity contribution >= 4 is 5.91 Å². The molecule has 1 N–H and O–H groups in total. The summed E-state index contributed by atoms with van der Waals surface area (Å²) in [6, 6.07) is 7.66. The zero-order valence-corrected chi connectivity index (χ0v) is 13.4. The monoisotopic (exact) mass is 323 g/mol. The van der Waals surface area contributed by atoms with Crippen molar-refractivity contribution in [2.24, 2.45) is 0 Å². The molecule has 3 nitrogen and oxygen atoms in total. The number of halogens is 3. The number of carbonyl (C=O) groups is 1. The van der Waals surface area contributed by atoms with Crippen molar-refractivity contribution in [3.8, 4) is 5.69 Å². The van der Waals surface area contributed by atoms with Crippen LogP contribution < -0.4 is 5.32 Å². The number of benzene rings is 1. The molecule has 1 aromatic carbocycles. The van der Waals surface area contributed by atoms with E-state index in [4.69, 9.17) is 0 Å². The van der Waals surface area contributed by atoms with Gasteiger partial charge in [-0.25, -0.2) is 0 Å². The molecule has 0 aliphatic carbocycles. The van der Waals surface area contributed by atoms with Crippen LogP contribution in [0.15, 0.2) is 30.3 Å². The van der Waals surface area contributed by atoms with Crippen molar-refractivity contribution in [3.63, 3.8) is 0 Å². The first-order chi connectivity index (χ1) is 10.6. The molecule has 0 aliphatic rings. The van der Waals surface area contributed by atoms with E-state index in [9.17, 15) is 18.0 Å². The number of carbonyl (C=O) groups excluding carboxylic acids is 1. The minimum atomic E-state index is -4.46. The minimum absolute atomic E-state index is 0.0197. The number of para-hydroxylation sites is 1. The fourth-order valence-corrected chi connectivity index (χ4v) is 2.57. The predicted octanol–water partition coefficient (Wildman–Crippen LogP) is 4.41. The highest BCUT2D eigenvalue weighted by Gasteiger charge is 2.34. The van der Waals surface area contributed by atoms with E-state index in [1.54, 1.807) is 39.8 Å². The molecule has 123 valence electrons. The van der Waals surface area contributed by atoms with Crippen LogP contribution in [-0.4, -0.2) is 10.5 Å². The molecule has 1 radical (unpaired) electrons. The van der Waals surface area contributed by atoms with Gasteiger partial charge < -0.3 is 9.88 Å². The van der Waals surface area contributed by atoms with Crippen LogP contribution in [-0.2, 0) is 6.18 Å². The number of amides is 1. The summed E-state index contributed by atoms with van der Waals surface area (Å²) in [4.78, 5) is 12.2. The minimum Gasteiger partial charge on any atom is -0.345 e. The molecule has 0 unspecified atom stereocenters. The first-order valence-electron chi connectivity index (χ1n) is 7.10. The molecule has 2 aromatic rings. The number of hydrogen-bond donors (Lipinski definition) is 1. The van der Waals surface area contributed by atoms with Crippen LogP contribution in [0.3, 0.4) is 0 Å². The summed E-state index contributed by atoms with van der Waals surface area (Å²) in [5.74, 6) is -0.325. The Morgan fingerprint density at radius 1 is 1.13 bits per heavy atom. The summed E-state index contributed by atoms with van der Waals surface area (Å²) in [5, 5.41) is 2.68. The highest BCUT2D eigenvalue weighted by molar-refractivity contribution is 5.96. The predicted molar refractivity (Wildman–Crippen MR) is 82.3 cm³/mol. The lowest BCUT2D eigenvalue weighted by atomic mass is 10.1. The zero-order chi connectivity index (χ0) is 17.4. The molecule has 0 aliphatic heterocycles. The normalized spacial score (nSPS) is 11.8. The van der Waals surface area contributed by atoms with E-state index in [0.717, 1.165) is 12.1 Å². The smallest absolute Gasteiger partial charge is 0.345 e. The average Bonchev–Trinajstić information content (AvgIpc) is 2.72. The third-order valence-corrected chi connectivity index (χ3v) is 3.49. The van der Waals surface area contributed by atoms with Gasteiger partial charge in [0.25, 0.3) is 5.91 Å². The second-order valence-electron chi connectivity index (χ2n) is 5.59. The Kier molecular flexibility index (Phi) is 4.54. The van der Waals surface area contributed by atoms with Crippen LogP contribution in [0.5, 0.6) is 0 Å². The molecule has 2 rings (SSSR count). The lowest BCUT2D eigenvalue weighted by Gasteiger charge is -2.17. The maximum absolute atomic E-state index is 13.2. The number of hydrogen-bond acceptors (Lipinski definition) is 1. The van der Waals surface area contributed by atoms with Gasteiger partial charge >= 0.3 is 6.18 Å². The van der Waals surface area contributed by atoms with Gasteiger partial charge in [-0.05, 0) is 45.9 Å². The molecule has 0 saturated carbocycles. The Hall–Kier alpha value is -2.24. The topological polar surface area (TPSA) is 34.0 Å². The quantitative estimate of drug-likeness (QED) is 0.891. The molecule has 1 amide bonds. The molecule has 23 heavy (non-hydrogen) atoms. The molecule has 1 heterocycles. The van der Waals surface area contributed by atoms with Gasteiger partial charge in [-0.3, -0.25) is 4.79 Å². The van der Waals surface area contributed by atoms with E-state index in [1.165, 1.54) is 16.7 Å². The summed E-state index contributed by atoms with van der Waals surface area (Å²) < 4.78 is 41.2. The van der Waals surface area contributed by atoms with Crippen LogP contribution in [0.25, 0.3) is 5.69 Å². The molecule has 0 saturated heterocycles. The van der Waals surface area contributed by atoms with Crippen LogP contribution >= 0.6 is 0 Å². The van der Waals surface area contributed by atoms with Gasteiger partial charge in [-0.2, -0.15) is 13.2 Å². The molecule has 0 bridgehead atoms. The average molecular weight is 323 g/mol. The molecular weight excluding hydrogens is 305 g/mol. The molecule has 1 aromatic heterocycles. The largest absolute Gasteiger partial charge is 0.418 e. The third-order valence-electron chi connectivity index (χ3n) is 3.49. The van der Waals surface area contributed by atoms with E-state index in [-0.39, 0.29) is 11.6 Å². The van der Waals surface area contributed by atoms with E-state index in [1.807, 2.05) is 0 Å². The van der Waals surface area contributed by atoms with Crippen LogP contribution in [0.2, 0.25) is 0 Å². The summed E-state index contributed by atoms with van der Waals surface area (Å²) in [6.45, 7) is 6.81. The van der Waals surface area contributed by atoms with Crippen molar-refractivity contribution < 1.29 is 18.0 Å². The van der Waals surface area contributed by atoms with Gasteiger partial charge in [0, 0.05) is 11.4 Å². The number of aromatic nitrogens is 1. The van der Waals surface area contributed by atoms with Gasteiger partial charge in [0.1, 0.15) is 0 Å². The van der Waals surface area contributed by atoms with Crippen molar-refractivity contribution in [3.05, 3.63) is 58.9 Å². The zero-order valence-electron chi connectivity index (χ0n) is 13.4. The molecule has 0 fully saturated rings. The van der Waals surface area contributed by atoms with Gasteiger partial charge in [0.05, 0.1) is 22.9 Å². The molecule has 6 heteroatoms. The highest BCUT2D eigenvalue weighted by atomic mass is 19.4. The van der Waals surface area contributed by atoms with Gasteiger partial charge in [-0.1, -0.05) is 12.1 Å². The van der Waals surface area contributed by atoms with Crippen molar-refractivity contribution in [1.29, 1.82) is 0 Å². The summed E-state index contributed by atoms with van der Waals surface area (Å²) >= 11 is 0. The van der Waals surface area contributed by atoms with E-state index >= 15 is 0 Å². The summed E-state index contributed by atoms with van der Waals surface area (Å²) in [5.41, 5.74) is 0.690. The van der Waals surface area contributed by atoms with Crippen LogP contribution in [0.4, 0.5) is 13.2 Å². The van der Waals surface area contributed by atoms with Gasteiger partial charge in [0.2, 0.25) is 0 Å². The fraction of sp³-hybridized carbons (Fsp3) is 0.294. The second kappa shape index (κ2) is 6.10. The SMILES string of the molecule is C[C](C)NC(=O)c1cc(C)n(-c2ccccc2C(F)(F)F)c1C. The second-order valence-corrected chi connectivity index (χ2v) is 5.59. The first-order valence-corrected chi connectivity index (χ1v) is 7.10. The lowest BCUT2D eigenvalue weighted by molar-refractivity contribution is -0.137. The third kappa shape index (κ3) is 3.41. The Bertz CT molecular complexity index is 730. The lowest BCUT2D eigenvalue weighted by Crippen LogP contribution is -2.25. The van der Waals surface area contributed by atoms with E-state index in [2.05, 4.69) is 5.32 Å². The van der Waals surface area contributed by atoms with Crippen molar-refractivity contribution in [2.45, 2.75) is 33.9 Å². The highest BCUT2D eigenvalue weighted by Crippen LogP contribution is 2.35.